The lowest BCUT2D eigenvalue weighted by atomic mass is 10.1. The van der Waals surface area contributed by atoms with Gasteiger partial charge < -0.3 is 9.26 Å². The van der Waals surface area contributed by atoms with Crippen LogP contribution < -0.4 is 0 Å². The van der Waals surface area contributed by atoms with Crippen LogP contribution in [0.15, 0.2) is 41.1 Å². The quantitative estimate of drug-likeness (QED) is 0.679. The van der Waals surface area contributed by atoms with E-state index in [1.165, 1.54) is 0 Å². The molecule has 0 saturated carbocycles. The van der Waals surface area contributed by atoms with Crippen LogP contribution in [-0.4, -0.2) is 27.7 Å². The molecule has 0 N–H and O–H groups in total. The molecule has 0 aliphatic heterocycles. The summed E-state index contributed by atoms with van der Waals surface area (Å²) in [5.74, 6) is -0.442. The Morgan fingerprint density at radius 2 is 2.15 bits per heavy atom. The monoisotopic (exact) mass is 269 g/mol. The van der Waals surface area contributed by atoms with E-state index in [1.807, 2.05) is 30.3 Å². The highest BCUT2D eigenvalue weighted by molar-refractivity contribution is 5.92. The standard InChI is InChI=1S/C14H11N3O3/c1-2-19-14(18)12-16-13(20-17-12)10-7-3-5-9-6-4-8-15-11(9)10/h3-8H,2H2,1H3. The molecule has 0 spiro atoms. The summed E-state index contributed by atoms with van der Waals surface area (Å²) in [4.78, 5) is 19.9. The molecular formula is C14H11N3O3. The van der Waals surface area contributed by atoms with Crippen LogP contribution in [-0.2, 0) is 4.74 Å². The summed E-state index contributed by atoms with van der Waals surface area (Å²) in [7, 11) is 0. The molecule has 0 unspecified atom stereocenters. The van der Waals surface area contributed by atoms with Gasteiger partial charge in [-0.15, -0.1) is 0 Å². The molecule has 100 valence electrons. The first-order valence-corrected chi connectivity index (χ1v) is 6.14. The van der Waals surface area contributed by atoms with Crippen LogP contribution in [0, 0.1) is 0 Å². The fraction of sp³-hybridized carbons (Fsp3) is 0.143. The van der Waals surface area contributed by atoms with Gasteiger partial charge in [0.25, 0.3) is 11.7 Å². The number of hydrogen-bond donors (Lipinski definition) is 0. The SMILES string of the molecule is CCOC(=O)c1noc(-c2cccc3cccnc23)n1. The summed E-state index contributed by atoms with van der Waals surface area (Å²) in [5, 5.41) is 4.59. The highest BCUT2D eigenvalue weighted by atomic mass is 16.5. The zero-order valence-electron chi connectivity index (χ0n) is 10.7. The van der Waals surface area contributed by atoms with Crippen molar-refractivity contribution in [1.82, 2.24) is 15.1 Å². The van der Waals surface area contributed by atoms with Gasteiger partial charge in [0, 0.05) is 11.6 Å². The van der Waals surface area contributed by atoms with Crippen LogP contribution >= 0.6 is 0 Å². The Morgan fingerprint density at radius 3 is 3.00 bits per heavy atom. The van der Waals surface area contributed by atoms with Gasteiger partial charge in [-0.25, -0.2) is 4.79 Å². The molecule has 6 heteroatoms. The highest BCUT2D eigenvalue weighted by Gasteiger charge is 2.18. The molecule has 0 aliphatic carbocycles. The van der Waals surface area contributed by atoms with Crippen LogP contribution in [0.5, 0.6) is 0 Å². The molecule has 0 fully saturated rings. The third kappa shape index (κ3) is 2.11. The van der Waals surface area contributed by atoms with Gasteiger partial charge in [0.1, 0.15) is 0 Å². The van der Waals surface area contributed by atoms with Crippen molar-refractivity contribution in [3.8, 4) is 11.5 Å². The molecule has 6 nitrogen and oxygen atoms in total. The topological polar surface area (TPSA) is 78.1 Å². The first-order valence-electron chi connectivity index (χ1n) is 6.14. The van der Waals surface area contributed by atoms with Gasteiger partial charge in [0.15, 0.2) is 0 Å². The molecule has 3 aromatic rings. The van der Waals surface area contributed by atoms with E-state index < -0.39 is 5.97 Å². The molecule has 3 rings (SSSR count). The lowest BCUT2D eigenvalue weighted by molar-refractivity contribution is 0.0508. The van der Waals surface area contributed by atoms with E-state index in [0.717, 1.165) is 10.9 Å². The maximum atomic E-state index is 11.5. The van der Waals surface area contributed by atoms with Gasteiger partial charge in [0.2, 0.25) is 0 Å². The van der Waals surface area contributed by atoms with E-state index in [1.54, 1.807) is 13.1 Å². The summed E-state index contributed by atoms with van der Waals surface area (Å²) in [6, 6.07) is 9.41. The Labute approximate surface area is 114 Å². The van der Waals surface area contributed by atoms with Crippen LogP contribution in [0.4, 0.5) is 0 Å². The van der Waals surface area contributed by atoms with Crippen LogP contribution in [0.3, 0.4) is 0 Å². The van der Waals surface area contributed by atoms with Crippen molar-refractivity contribution in [2.75, 3.05) is 6.61 Å². The summed E-state index contributed by atoms with van der Waals surface area (Å²) >= 11 is 0. The Hall–Kier alpha value is -2.76. The molecule has 1 aromatic carbocycles. The second kappa shape index (κ2) is 5.08. The van der Waals surface area contributed by atoms with Gasteiger partial charge in [-0.05, 0) is 24.2 Å². The molecule has 0 atom stereocenters. The largest absolute Gasteiger partial charge is 0.460 e. The molecule has 2 aromatic heterocycles. The van der Waals surface area contributed by atoms with Crippen LogP contribution in [0.25, 0.3) is 22.4 Å². The third-order valence-corrected chi connectivity index (χ3v) is 2.75. The normalized spacial score (nSPS) is 10.7. The second-order valence-electron chi connectivity index (χ2n) is 4.02. The van der Waals surface area contributed by atoms with Crippen LogP contribution in [0.1, 0.15) is 17.5 Å². The maximum Gasteiger partial charge on any atom is 0.379 e. The van der Waals surface area contributed by atoms with Gasteiger partial charge in [0.05, 0.1) is 17.7 Å². The Kier molecular flexibility index (Phi) is 3.12. The molecule has 0 bridgehead atoms. The van der Waals surface area contributed by atoms with Gasteiger partial charge in [-0.2, -0.15) is 4.98 Å². The average molecular weight is 269 g/mol. The lowest BCUT2D eigenvalue weighted by Crippen LogP contribution is -2.06. The molecule has 2 heterocycles. The Bertz CT molecular complexity index is 762. The number of hydrogen-bond acceptors (Lipinski definition) is 6. The number of fused-ring (bicyclic) bond motifs is 1. The number of para-hydroxylation sites is 1. The summed E-state index contributed by atoms with van der Waals surface area (Å²) in [6.07, 6.45) is 1.69. The fourth-order valence-corrected chi connectivity index (χ4v) is 1.89. The summed E-state index contributed by atoms with van der Waals surface area (Å²) < 4.78 is 9.95. The molecule has 0 aliphatic rings. The molecule has 0 saturated heterocycles. The molecular weight excluding hydrogens is 258 g/mol. The molecule has 20 heavy (non-hydrogen) atoms. The predicted octanol–water partition coefficient (Wildman–Crippen LogP) is 2.46. The van der Waals surface area contributed by atoms with Crippen molar-refractivity contribution >= 4 is 16.9 Å². The van der Waals surface area contributed by atoms with E-state index in [-0.39, 0.29) is 18.3 Å². The van der Waals surface area contributed by atoms with Crippen molar-refractivity contribution in [2.24, 2.45) is 0 Å². The Balaban J connectivity index is 2.06. The molecule has 0 radical (unpaired) electrons. The van der Waals surface area contributed by atoms with Crippen molar-refractivity contribution in [3.63, 3.8) is 0 Å². The summed E-state index contributed by atoms with van der Waals surface area (Å²) in [5.41, 5.74) is 1.43. The second-order valence-corrected chi connectivity index (χ2v) is 4.02. The third-order valence-electron chi connectivity index (χ3n) is 2.75. The van der Waals surface area contributed by atoms with Gasteiger partial charge in [-0.1, -0.05) is 18.2 Å². The lowest BCUT2D eigenvalue weighted by Gasteiger charge is -2.00. The van der Waals surface area contributed by atoms with E-state index in [2.05, 4.69) is 15.1 Å². The minimum Gasteiger partial charge on any atom is -0.460 e. The van der Waals surface area contributed by atoms with Crippen molar-refractivity contribution in [1.29, 1.82) is 0 Å². The Morgan fingerprint density at radius 1 is 1.30 bits per heavy atom. The minimum atomic E-state index is -0.601. The number of aromatic nitrogens is 3. The number of esters is 1. The number of carbonyl (C=O) groups is 1. The summed E-state index contributed by atoms with van der Waals surface area (Å²) in [6.45, 7) is 1.98. The number of benzene rings is 1. The van der Waals surface area contributed by atoms with Gasteiger partial charge >= 0.3 is 5.97 Å². The first-order chi connectivity index (χ1) is 9.79. The zero-order chi connectivity index (χ0) is 13.9. The number of rotatable bonds is 3. The average Bonchev–Trinajstić information content (AvgIpc) is 2.97. The van der Waals surface area contributed by atoms with E-state index in [4.69, 9.17) is 9.26 Å². The predicted molar refractivity (Wildman–Crippen MR) is 71.0 cm³/mol. The highest BCUT2D eigenvalue weighted by Crippen LogP contribution is 2.25. The molecule has 0 amide bonds. The maximum absolute atomic E-state index is 11.5. The minimum absolute atomic E-state index is 0.0882. The zero-order valence-corrected chi connectivity index (χ0v) is 10.7. The number of nitrogens with zero attached hydrogens (tertiary/aromatic N) is 3. The first kappa shape index (κ1) is 12.3. The van der Waals surface area contributed by atoms with E-state index in [9.17, 15) is 4.79 Å². The van der Waals surface area contributed by atoms with Crippen LogP contribution in [0.2, 0.25) is 0 Å². The van der Waals surface area contributed by atoms with Crippen molar-refractivity contribution in [3.05, 3.63) is 42.4 Å². The number of carbonyl (C=O) groups excluding carboxylic acids is 1. The van der Waals surface area contributed by atoms with Gasteiger partial charge in [-0.3, -0.25) is 4.98 Å². The fourth-order valence-electron chi connectivity index (χ4n) is 1.89. The van der Waals surface area contributed by atoms with E-state index in [0.29, 0.717) is 5.56 Å². The number of pyridine rings is 1. The smallest absolute Gasteiger partial charge is 0.379 e. The number of ether oxygens (including phenoxy) is 1. The van der Waals surface area contributed by atoms with Crippen molar-refractivity contribution < 1.29 is 14.1 Å². The van der Waals surface area contributed by atoms with Crippen molar-refractivity contribution in [2.45, 2.75) is 6.92 Å². The van der Waals surface area contributed by atoms with E-state index >= 15 is 0 Å².